The van der Waals surface area contributed by atoms with Crippen molar-refractivity contribution in [2.45, 2.75) is 37.5 Å². The SMILES string of the molecule is COCCCN(C)C(=O)[C@H]1OCC(=O)N(C2CC2)[C@@H]1c1ccc(OC)cc1. The Morgan fingerprint density at radius 1 is 1.26 bits per heavy atom. The number of hydrogen-bond donors (Lipinski definition) is 0. The quantitative estimate of drug-likeness (QED) is 0.645. The number of methoxy groups -OCH3 is 2. The Morgan fingerprint density at radius 3 is 2.56 bits per heavy atom. The van der Waals surface area contributed by atoms with E-state index in [-0.39, 0.29) is 24.5 Å². The number of rotatable bonds is 8. The molecule has 2 amide bonds. The molecular formula is C20H28N2O5. The van der Waals surface area contributed by atoms with Gasteiger partial charge in [-0.05, 0) is 37.0 Å². The summed E-state index contributed by atoms with van der Waals surface area (Å²) >= 11 is 0. The summed E-state index contributed by atoms with van der Waals surface area (Å²) in [6.45, 7) is 1.13. The summed E-state index contributed by atoms with van der Waals surface area (Å²) in [7, 11) is 5.02. The van der Waals surface area contributed by atoms with E-state index in [9.17, 15) is 9.59 Å². The molecule has 0 radical (unpaired) electrons. The van der Waals surface area contributed by atoms with Crippen molar-refractivity contribution in [2.75, 3.05) is 41.0 Å². The third-order valence-electron chi connectivity index (χ3n) is 5.12. The van der Waals surface area contributed by atoms with E-state index in [4.69, 9.17) is 14.2 Å². The molecule has 2 aliphatic rings. The summed E-state index contributed by atoms with van der Waals surface area (Å²) in [6.07, 6.45) is 2.00. The topological polar surface area (TPSA) is 68.3 Å². The van der Waals surface area contributed by atoms with Crippen LogP contribution in [0.2, 0.25) is 0 Å². The van der Waals surface area contributed by atoms with E-state index in [1.165, 1.54) is 0 Å². The van der Waals surface area contributed by atoms with E-state index in [0.29, 0.717) is 13.2 Å². The Morgan fingerprint density at radius 2 is 1.96 bits per heavy atom. The maximum Gasteiger partial charge on any atom is 0.253 e. The maximum atomic E-state index is 13.1. The number of benzene rings is 1. The van der Waals surface area contributed by atoms with Crippen LogP contribution in [0.3, 0.4) is 0 Å². The lowest BCUT2D eigenvalue weighted by Gasteiger charge is -2.42. The first-order valence-corrected chi connectivity index (χ1v) is 9.37. The Hall–Kier alpha value is -2.12. The molecule has 27 heavy (non-hydrogen) atoms. The van der Waals surface area contributed by atoms with Gasteiger partial charge in [-0.15, -0.1) is 0 Å². The van der Waals surface area contributed by atoms with Gasteiger partial charge >= 0.3 is 0 Å². The van der Waals surface area contributed by atoms with Crippen LogP contribution in [0.1, 0.15) is 30.9 Å². The molecular weight excluding hydrogens is 348 g/mol. The fourth-order valence-electron chi connectivity index (χ4n) is 3.53. The van der Waals surface area contributed by atoms with Crippen molar-refractivity contribution >= 4 is 11.8 Å². The van der Waals surface area contributed by atoms with E-state index < -0.39 is 12.1 Å². The summed E-state index contributed by atoms with van der Waals surface area (Å²) in [4.78, 5) is 29.2. The molecule has 1 aromatic carbocycles. The van der Waals surface area contributed by atoms with Crippen molar-refractivity contribution in [1.82, 2.24) is 9.80 Å². The fraction of sp³-hybridized carbons (Fsp3) is 0.600. The number of morpholine rings is 1. The molecule has 1 aromatic rings. The second-order valence-electron chi connectivity index (χ2n) is 7.09. The Labute approximate surface area is 160 Å². The van der Waals surface area contributed by atoms with Gasteiger partial charge in [0.1, 0.15) is 12.4 Å². The molecule has 7 heteroatoms. The zero-order chi connectivity index (χ0) is 19.4. The lowest BCUT2D eigenvalue weighted by atomic mass is 9.96. The summed E-state index contributed by atoms with van der Waals surface area (Å²) in [6, 6.07) is 7.30. The molecule has 0 N–H and O–H groups in total. The van der Waals surface area contributed by atoms with Gasteiger partial charge in [0, 0.05) is 33.4 Å². The van der Waals surface area contributed by atoms with E-state index >= 15 is 0 Å². The van der Waals surface area contributed by atoms with Crippen LogP contribution in [0, 0.1) is 0 Å². The molecule has 1 aliphatic carbocycles. The molecule has 0 aromatic heterocycles. The van der Waals surface area contributed by atoms with Crippen LogP contribution in [0.4, 0.5) is 0 Å². The third kappa shape index (κ3) is 4.42. The van der Waals surface area contributed by atoms with Crippen molar-refractivity contribution < 1.29 is 23.8 Å². The lowest BCUT2D eigenvalue weighted by Crippen LogP contribution is -2.55. The van der Waals surface area contributed by atoms with Gasteiger partial charge in [0.25, 0.3) is 5.91 Å². The number of likely N-dealkylation sites (N-methyl/N-ethyl adjacent to an activating group) is 1. The zero-order valence-corrected chi connectivity index (χ0v) is 16.2. The standard InChI is InChI=1S/C20H28N2O5/c1-21(11-4-12-25-2)20(24)19-18(14-5-9-16(26-3)10-6-14)22(15-7-8-15)17(23)13-27-19/h5-6,9-10,15,18-19H,4,7-8,11-13H2,1-3H3/t18-,19+/m1/s1. The first kappa shape index (κ1) is 19.6. The number of ether oxygens (including phenoxy) is 3. The van der Waals surface area contributed by atoms with Gasteiger partial charge in [0.05, 0.1) is 13.2 Å². The Balaban J connectivity index is 1.85. The maximum absolute atomic E-state index is 13.1. The van der Waals surface area contributed by atoms with Crippen molar-refractivity contribution in [1.29, 1.82) is 0 Å². The molecule has 3 rings (SSSR count). The largest absolute Gasteiger partial charge is 0.497 e. The van der Waals surface area contributed by atoms with Gasteiger partial charge in [-0.1, -0.05) is 12.1 Å². The van der Waals surface area contributed by atoms with Gasteiger partial charge in [-0.3, -0.25) is 9.59 Å². The highest BCUT2D eigenvalue weighted by molar-refractivity contribution is 5.86. The molecule has 1 saturated heterocycles. The zero-order valence-electron chi connectivity index (χ0n) is 16.2. The van der Waals surface area contributed by atoms with Gasteiger partial charge in [0.15, 0.2) is 6.10 Å². The molecule has 1 aliphatic heterocycles. The summed E-state index contributed by atoms with van der Waals surface area (Å²) < 4.78 is 16.1. The van der Waals surface area contributed by atoms with E-state index in [0.717, 1.165) is 30.6 Å². The molecule has 2 fully saturated rings. The van der Waals surface area contributed by atoms with E-state index in [1.54, 1.807) is 26.2 Å². The molecule has 148 valence electrons. The van der Waals surface area contributed by atoms with Crippen LogP contribution in [-0.2, 0) is 19.1 Å². The normalized spacial score (nSPS) is 22.6. The van der Waals surface area contributed by atoms with Crippen molar-refractivity contribution in [3.8, 4) is 5.75 Å². The first-order chi connectivity index (χ1) is 13.1. The number of hydrogen-bond acceptors (Lipinski definition) is 5. The van der Waals surface area contributed by atoms with Gasteiger partial charge in [-0.25, -0.2) is 0 Å². The van der Waals surface area contributed by atoms with Gasteiger partial charge in [-0.2, -0.15) is 0 Å². The average molecular weight is 376 g/mol. The first-order valence-electron chi connectivity index (χ1n) is 9.37. The fourth-order valence-corrected chi connectivity index (χ4v) is 3.53. The highest BCUT2D eigenvalue weighted by Crippen LogP contribution is 2.40. The molecule has 1 heterocycles. The van der Waals surface area contributed by atoms with Gasteiger partial charge in [0.2, 0.25) is 5.91 Å². The van der Waals surface area contributed by atoms with E-state index in [2.05, 4.69) is 0 Å². The summed E-state index contributed by atoms with van der Waals surface area (Å²) in [5.74, 6) is 0.578. The minimum atomic E-state index is -0.704. The third-order valence-corrected chi connectivity index (χ3v) is 5.12. The highest BCUT2D eigenvalue weighted by atomic mass is 16.5. The van der Waals surface area contributed by atoms with Crippen LogP contribution >= 0.6 is 0 Å². The van der Waals surface area contributed by atoms with Crippen molar-refractivity contribution in [3.63, 3.8) is 0 Å². The number of nitrogens with zero attached hydrogens (tertiary/aromatic N) is 2. The van der Waals surface area contributed by atoms with Crippen molar-refractivity contribution in [2.24, 2.45) is 0 Å². The van der Waals surface area contributed by atoms with Crippen LogP contribution in [0.5, 0.6) is 5.75 Å². The molecule has 1 saturated carbocycles. The highest BCUT2D eigenvalue weighted by Gasteiger charge is 2.48. The average Bonchev–Trinajstić information content (AvgIpc) is 3.52. The second kappa shape index (κ2) is 8.71. The van der Waals surface area contributed by atoms with Crippen LogP contribution in [0.15, 0.2) is 24.3 Å². The number of carbonyl (C=O) groups excluding carboxylic acids is 2. The molecule has 0 bridgehead atoms. The van der Waals surface area contributed by atoms with Gasteiger partial charge < -0.3 is 24.0 Å². The van der Waals surface area contributed by atoms with Crippen LogP contribution < -0.4 is 4.74 Å². The minimum absolute atomic E-state index is 0.0501. The van der Waals surface area contributed by atoms with Crippen LogP contribution in [0.25, 0.3) is 0 Å². The Bertz CT molecular complexity index is 659. The monoisotopic (exact) mass is 376 g/mol. The number of amides is 2. The predicted octanol–water partition coefficient (Wildman–Crippen LogP) is 1.62. The molecule has 0 unspecified atom stereocenters. The molecule has 7 nitrogen and oxygen atoms in total. The predicted molar refractivity (Wildman–Crippen MR) is 99.5 cm³/mol. The van der Waals surface area contributed by atoms with Crippen molar-refractivity contribution in [3.05, 3.63) is 29.8 Å². The molecule has 0 spiro atoms. The van der Waals surface area contributed by atoms with Crippen LogP contribution in [-0.4, -0.2) is 74.8 Å². The second-order valence-corrected chi connectivity index (χ2v) is 7.09. The smallest absolute Gasteiger partial charge is 0.253 e. The van der Waals surface area contributed by atoms with E-state index in [1.807, 2.05) is 29.2 Å². The molecule has 2 atom stereocenters. The summed E-state index contributed by atoms with van der Waals surface area (Å²) in [5.41, 5.74) is 0.888. The summed E-state index contributed by atoms with van der Waals surface area (Å²) in [5, 5.41) is 0. The number of carbonyl (C=O) groups is 2. The Kier molecular flexibility index (Phi) is 6.34. The minimum Gasteiger partial charge on any atom is -0.497 e. The lowest BCUT2D eigenvalue weighted by molar-refractivity contribution is -0.169.